The van der Waals surface area contributed by atoms with Crippen LogP contribution in [0.25, 0.3) is 0 Å². The summed E-state index contributed by atoms with van der Waals surface area (Å²) >= 11 is 0. The fourth-order valence-corrected chi connectivity index (χ4v) is 2.11. The lowest BCUT2D eigenvalue weighted by Gasteiger charge is -2.22. The van der Waals surface area contributed by atoms with E-state index in [1.807, 2.05) is 13.8 Å². The maximum atomic E-state index is 12.1. The van der Waals surface area contributed by atoms with Crippen LogP contribution in [0.4, 0.5) is 0 Å². The van der Waals surface area contributed by atoms with Crippen LogP contribution in [0.5, 0.6) is 0 Å². The van der Waals surface area contributed by atoms with Crippen molar-refractivity contribution in [2.24, 2.45) is 0 Å². The van der Waals surface area contributed by atoms with Crippen LogP contribution in [0, 0.1) is 0 Å². The molecule has 1 aromatic carbocycles. The molecule has 1 aliphatic heterocycles. The highest BCUT2D eigenvalue weighted by Gasteiger charge is 2.35. The third-order valence-electron chi connectivity index (χ3n) is 3.60. The number of hydrogen-bond donors (Lipinski definition) is 0. The van der Waals surface area contributed by atoms with Crippen molar-refractivity contribution in [2.75, 3.05) is 13.6 Å². The molecule has 0 aliphatic carbocycles. The van der Waals surface area contributed by atoms with E-state index in [2.05, 4.69) is 0 Å². The SMILES string of the molecule is CC(C)N(C)C(=O)CCN1C(=O)c2ccccc2C1=O. The summed E-state index contributed by atoms with van der Waals surface area (Å²) in [5.74, 6) is -0.701. The second kappa shape index (κ2) is 5.45. The number of carbonyl (C=O) groups is 3. The Morgan fingerprint density at radius 2 is 1.65 bits per heavy atom. The molecular formula is C15H18N2O3. The van der Waals surface area contributed by atoms with E-state index in [1.54, 1.807) is 36.2 Å². The maximum Gasteiger partial charge on any atom is 0.261 e. The largest absolute Gasteiger partial charge is 0.343 e. The molecule has 0 unspecified atom stereocenters. The summed E-state index contributed by atoms with van der Waals surface area (Å²) in [4.78, 5) is 38.9. The first-order valence-electron chi connectivity index (χ1n) is 6.64. The van der Waals surface area contributed by atoms with Crippen LogP contribution in [-0.4, -0.2) is 47.2 Å². The molecule has 0 saturated heterocycles. The van der Waals surface area contributed by atoms with Gasteiger partial charge in [0, 0.05) is 26.1 Å². The first kappa shape index (κ1) is 14.2. The van der Waals surface area contributed by atoms with Crippen LogP contribution < -0.4 is 0 Å². The molecule has 1 aliphatic rings. The van der Waals surface area contributed by atoms with Crippen LogP contribution in [0.15, 0.2) is 24.3 Å². The molecule has 20 heavy (non-hydrogen) atoms. The zero-order chi connectivity index (χ0) is 14.9. The molecule has 5 nitrogen and oxygen atoms in total. The molecule has 0 spiro atoms. The molecule has 1 heterocycles. The smallest absolute Gasteiger partial charge is 0.261 e. The minimum absolute atomic E-state index is 0.0726. The van der Waals surface area contributed by atoms with Crippen LogP contribution in [0.1, 0.15) is 41.0 Å². The molecule has 2 rings (SSSR count). The highest BCUT2D eigenvalue weighted by molar-refractivity contribution is 6.21. The first-order chi connectivity index (χ1) is 9.43. The maximum absolute atomic E-state index is 12.1. The van der Waals surface area contributed by atoms with Crippen LogP contribution in [0.3, 0.4) is 0 Å². The molecule has 106 valence electrons. The number of benzene rings is 1. The van der Waals surface area contributed by atoms with Gasteiger partial charge in [-0.15, -0.1) is 0 Å². The van der Waals surface area contributed by atoms with E-state index in [0.29, 0.717) is 11.1 Å². The van der Waals surface area contributed by atoms with E-state index in [-0.39, 0.29) is 36.7 Å². The Kier molecular flexibility index (Phi) is 3.88. The average Bonchev–Trinajstić information content (AvgIpc) is 2.68. The van der Waals surface area contributed by atoms with Gasteiger partial charge in [-0.2, -0.15) is 0 Å². The molecule has 0 radical (unpaired) electrons. The van der Waals surface area contributed by atoms with Gasteiger partial charge in [-0.1, -0.05) is 12.1 Å². The number of fused-ring (bicyclic) bond motifs is 1. The summed E-state index contributed by atoms with van der Waals surface area (Å²) in [6.45, 7) is 3.96. The molecule has 0 fully saturated rings. The van der Waals surface area contributed by atoms with Crippen LogP contribution in [-0.2, 0) is 4.79 Å². The minimum atomic E-state index is -0.314. The summed E-state index contributed by atoms with van der Waals surface area (Å²) < 4.78 is 0. The van der Waals surface area contributed by atoms with E-state index >= 15 is 0 Å². The van der Waals surface area contributed by atoms with Gasteiger partial charge in [0.2, 0.25) is 5.91 Å². The summed E-state index contributed by atoms with van der Waals surface area (Å²) in [5.41, 5.74) is 0.837. The predicted molar refractivity (Wildman–Crippen MR) is 74.3 cm³/mol. The van der Waals surface area contributed by atoms with Gasteiger partial charge < -0.3 is 4.90 Å². The third-order valence-corrected chi connectivity index (χ3v) is 3.60. The van der Waals surface area contributed by atoms with Crippen molar-refractivity contribution < 1.29 is 14.4 Å². The van der Waals surface area contributed by atoms with Gasteiger partial charge in [-0.05, 0) is 26.0 Å². The minimum Gasteiger partial charge on any atom is -0.343 e. The number of hydrogen-bond acceptors (Lipinski definition) is 3. The second-order valence-corrected chi connectivity index (χ2v) is 5.16. The number of nitrogens with zero attached hydrogens (tertiary/aromatic N) is 2. The normalized spacial score (nSPS) is 13.9. The lowest BCUT2D eigenvalue weighted by atomic mass is 10.1. The van der Waals surface area contributed by atoms with Crippen LogP contribution in [0.2, 0.25) is 0 Å². The van der Waals surface area contributed by atoms with Crippen molar-refractivity contribution in [3.05, 3.63) is 35.4 Å². The molecule has 0 saturated carbocycles. The van der Waals surface area contributed by atoms with Crippen molar-refractivity contribution in [1.82, 2.24) is 9.80 Å². The molecule has 0 N–H and O–H groups in total. The zero-order valence-corrected chi connectivity index (χ0v) is 11.9. The number of amides is 3. The second-order valence-electron chi connectivity index (χ2n) is 5.16. The van der Waals surface area contributed by atoms with Gasteiger partial charge in [0.05, 0.1) is 11.1 Å². The molecule has 0 aromatic heterocycles. The Bertz CT molecular complexity index is 531. The van der Waals surface area contributed by atoms with E-state index in [9.17, 15) is 14.4 Å². The third kappa shape index (κ3) is 2.43. The van der Waals surface area contributed by atoms with Gasteiger partial charge in [0.15, 0.2) is 0 Å². The molecule has 0 atom stereocenters. The fourth-order valence-electron chi connectivity index (χ4n) is 2.11. The number of imide groups is 1. The molecule has 5 heteroatoms. The summed E-state index contributed by atoms with van der Waals surface area (Å²) in [7, 11) is 1.72. The fraction of sp³-hybridized carbons (Fsp3) is 0.400. The van der Waals surface area contributed by atoms with E-state index in [0.717, 1.165) is 4.90 Å². The molecular weight excluding hydrogens is 256 g/mol. The quantitative estimate of drug-likeness (QED) is 0.783. The summed E-state index contributed by atoms with van der Waals surface area (Å²) in [6, 6.07) is 6.83. The number of rotatable bonds is 4. The van der Waals surface area contributed by atoms with E-state index < -0.39 is 0 Å². The Labute approximate surface area is 118 Å². The summed E-state index contributed by atoms with van der Waals surface area (Å²) in [6.07, 6.45) is 0.153. The Morgan fingerprint density at radius 3 is 2.10 bits per heavy atom. The van der Waals surface area contributed by atoms with E-state index in [4.69, 9.17) is 0 Å². The monoisotopic (exact) mass is 274 g/mol. The first-order valence-corrected chi connectivity index (χ1v) is 6.64. The Morgan fingerprint density at radius 1 is 1.15 bits per heavy atom. The average molecular weight is 274 g/mol. The Hall–Kier alpha value is -2.17. The standard InChI is InChI=1S/C15H18N2O3/c1-10(2)16(3)13(18)8-9-17-14(19)11-6-4-5-7-12(11)15(17)20/h4-7,10H,8-9H2,1-3H3. The lowest BCUT2D eigenvalue weighted by Crippen LogP contribution is -2.37. The predicted octanol–water partition coefficient (Wildman–Crippen LogP) is 1.54. The Balaban J connectivity index is 2.05. The molecule has 3 amide bonds. The summed E-state index contributed by atoms with van der Waals surface area (Å²) in [5, 5.41) is 0. The molecule has 1 aromatic rings. The number of carbonyl (C=O) groups excluding carboxylic acids is 3. The van der Waals surface area contributed by atoms with Gasteiger partial charge in [0.25, 0.3) is 11.8 Å². The molecule has 0 bridgehead atoms. The van der Waals surface area contributed by atoms with Gasteiger partial charge in [-0.3, -0.25) is 19.3 Å². The topological polar surface area (TPSA) is 57.7 Å². The van der Waals surface area contributed by atoms with Crippen molar-refractivity contribution in [3.63, 3.8) is 0 Å². The van der Waals surface area contributed by atoms with Crippen LogP contribution >= 0.6 is 0 Å². The highest BCUT2D eigenvalue weighted by Crippen LogP contribution is 2.22. The highest BCUT2D eigenvalue weighted by atomic mass is 16.2. The van der Waals surface area contributed by atoms with Crippen molar-refractivity contribution >= 4 is 17.7 Å². The zero-order valence-electron chi connectivity index (χ0n) is 11.9. The van der Waals surface area contributed by atoms with Gasteiger partial charge >= 0.3 is 0 Å². The lowest BCUT2D eigenvalue weighted by molar-refractivity contribution is -0.131. The van der Waals surface area contributed by atoms with Gasteiger partial charge in [-0.25, -0.2) is 0 Å². The van der Waals surface area contributed by atoms with Crippen molar-refractivity contribution in [1.29, 1.82) is 0 Å². The van der Waals surface area contributed by atoms with Gasteiger partial charge in [0.1, 0.15) is 0 Å². The van der Waals surface area contributed by atoms with Crippen molar-refractivity contribution in [3.8, 4) is 0 Å². The van der Waals surface area contributed by atoms with E-state index in [1.165, 1.54) is 0 Å². The van der Waals surface area contributed by atoms with Crippen molar-refractivity contribution in [2.45, 2.75) is 26.3 Å².